The highest BCUT2D eigenvalue weighted by molar-refractivity contribution is 5.72. The summed E-state index contributed by atoms with van der Waals surface area (Å²) in [5, 5.41) is 3.40. The van der Waals surface area contributed by atoms with Crippen molar-refractivity contribution < 1.29 is 4.79 Å². The molecule has 132 valence electrons. The summed E-state index contributed by atoms with van der Waals surface area (Å²) in [6, 6.07) is 10.7. The zero-order valence-electron chi connectivity index (χ0n) is 14.5. The molecular formula is C19H30N4O. The fourth-order valence-electron chi connectivity index (χ4n) is 4.13. The van der Waals surface area contributed by atoms with Crippen LogP contribution in [0.15, 0.2) is 30.3 Å². The molecule has 0 aliphatic carbocycles. The van der Waals surface area contributed by atoms with Gasteiger partial charge in [0.2, 0.25) is 0 Å². The Hall–Kier alpha value is -1.59. The van der Waals surface area contributed by atoms with E-state index in [1.807, 2.05) is 4.90 Å². The van der Waals surface area contributed by atoms with E-state index in [-0.39, 0.29) is 12.1 Å². The SMILES string of the molecule is NC(=O)N1CCNCC1C[C@H]1CCCN(CCc2ccccc2)C1. The first-order chi connectivity index (χ1) is 11.7. The molecule has 24 heavy (non-hydrogen) atoms. The zero-order valence-corrected chi connectivity index (χ0v) is 14.5. The lowest BCUT2D eigenvalue weighted by Gasteiger charge is -2.39. The van der Waals surface area contributed by atoms with Gasteiger partial charge in [-0.2, -0.15) is 0 Å². The lowest BCUT2D eigenvalue weighted by atomic mass is 9.90. The van der Waals surface area contributed by atoms with E-state index in [4.69, 9.17) is 5.73 Å². The average Bonchev–Trinajstić information content (AvgIpc) is 2.61. The van der Waals surface area contributed by atoms with Crippen molar-refractivity contribution in [1.29, 1.82) is 0 Å². The number of piperidine rings is 1. The van der Waals surface area contributed by atoms with E-state index < -0.39 is 0 Å². The third-order valence-corrected chi connectivity index (χ3v) is 5.40. The van der Waals surface area contributed by atoms with Crippen LogP contribution in [0.3, 0.4) is 0 Å². The minimum atomic E-state index is -0.266. The van der Waals surface area contributed by atoms with Crippen molar-refractivity contribution in [2.24, 2.45) is 11.7 Å². The quantitative estimate of drug-likeness (QED) is 0.863. The summed E-state index contributed by atoms with van der Waals surface area (Å²) in [5.74, 6) is 0.668. The molecule has 0 spiro atoms. The Bertz CT molecular complexity index is 521. The molecule has 2 saturated heterocycles. The van der Waals surface area contributed by atoms with Crippen molar-refractivity contribution in [3.8, 4) is 0 Å². The number of carbonyl (C=O) groups is 1. The van der Waals surface area contributed by atoms with Crippen LogP contribution in [0, 0.1) is 5.92 Å². The standard InChI is InChI=1S/C19H30N4O/c20-19(24)23-12-9-21-14-18(23)13-17-7-4-10-22(15-17)11-8-16-5-2-1-3-6-16/h1-3,5-6,17-18,21H,4,7-15H2,(H2,20,24)/t17-,18?/m1/s1. The topological polar surface area (TPSA) is 61.6 Å². The summed E-state index contributed by atoms with van der Waals surface area (Å²) in [4.78, 5) is 16.1. The van der Waals surface area contributed by atoms with Crippen LogP contribution >= 0.6 is 0 Å². The first-order valence-electron chi connectivity index (χ1n) is 9.25. The molecule has 5 nitrogen and oxygen atoms in total. The van der Waals surface area contributed by atoms with E-state index in [1.165, 1.54) is 24.9 Å². The van der Waals surface area contributed by atoms with E-state index in [1.54, 1.807) is 0 Å². The van der Waals surface area contributed by atoms with Gasteiger partial charge in [0.25, 0.3) is 0 Å². The maximum atomic E-state index is 11.6. The lowest BCUT2D eigenvalue weighted by molar-refractivity contribution is 0.119. The number of carbonyl (C=O) groups excluding carboxylic acids is 1. The van der Waals surface area contributed by atoms with E-state index in [9.17, 15) is 4.79 Å². The number of primary amides is 1. The molecule has 2 aliphatic rings. The molecule has 2 fully saturated rings. The van der Waals surface area contributed by atoms with Gasteiger partial charge in [-0.3, -0.25) is 0 Å². The molecule has 1 aromatic carbocycles. The molecule has 3 N–H and O–H groups in total. The normalized spacial score (nSPS) is 25.6. The zero-order chi connectivity index (χ0) is 16.8. The molecule has 0 aromatic heterocycles. The molecule has 0 saturated carbocycles. The fourth-order valence-corrected chi connectivity index (χ4v) is 4.13. The van der Waals surface area contributed by atoms with Gasteiger partial charge in [0.1, 0.15) is 0 Å². The van der Waals surface area contributed by atoms with Crippen molar-refractivity contribution >= 4 is 6.03 Å². The van der Waals surface area contributed by atoms with Crippen molar-refractivity contribution in [1.82, 2.24) is 15.1 Å². The minimum absolute atomic E-state index is 0.260. The van der Waals surface area contributed by atoms with Gasteiger partial charge in [-0.05, 0) is 43.7 Å². The molecule has 1 aromatic rings. The summed E-state index contributed by atoms with van der Waals surface area (Å²) in [7, 11) is 0. The third kappa shape index (κ3) is 4.71. The number of hydrogen-bond donors (Lipinski definition) is 2. The molecule has 2 amide bonds. The number of nitrogens with zero attached hydrogens (tertiary/aromatic N) is 2. The van der Waals surface area contributed by atoms with E-state index in [0.29, 0.717) is 5.92 Å². The third-order valence-electron chi connectivity index (χ3n) is 5.40. The largest absolute Gasteiger partial charge is 0.351 e. The van der Waals surface area contributed by atoms with Crippen LogP contribution in [0.5, 0.6) is 0 Å². The fraction of sp³-hybridized carbons (Fsp3) is 0.632. The molecule has 0 bridgehead atoms. The second-order valence-electron chi connectivity index (χ2n) is 7.17. The molecule has 1 unspecified atom stereocenters. The minimum Gasteiger partial charge on any atom is -0.351 e. The Kier molecular flexibility index (Phi) is 6.10. The lowest BCUT2D eigenvalue weighted by Crippen LogP contribution is -2.56. The Labute approximate surface area is 145 Å². The van der Waals surface area contributed by atoms with Crippen molar-refractivity contribution in [3.63, 3.8) is 0 Å². The van der Waals surface area contributed by atoms with Crippen LogP contribution in [-0.4, -0.2) is 61.1 Å². The smallest absolute Gasteiger partial charge is 0.315 e. The number of nitrogens with one attached hydrogen (secondary N) is 1. The van der Waals surface area contributed by atoms with Crippen LogP contribution in [0.1, 0.15) is 24.8 Å². The summed E-state index contributed by atoms with van der Waals surface area (Å²) < 4.78 is 0. The maximum absolute atomic E-state index is 11.6. The highest BCUT2D eigenvalue weighted by Gasteiger charge is 2.29. The summed E-state index contributed by atoms with van der Waals surface area (Å²) >= 11 is 0. The van der Waals surface area contributed by atoms with Gasteiger partial charge in [-0.15, -0.1) is 0 Å². The number of hydrogen-bond acceptors (Lipinski definition) is 3. The first-order valence-corrected chi connectivity index (χ1v) is 9.25. The average molecular weight is 330 g/mol. The van der Waals surface area contributed by atoms with E-state index in [0.717, 1.165) is 45.6 Å². The second kappa shape index (κ2) is 8.49. The Balaban J connectivity index is 1.49. The van der Waals surface area contributed by atoms with Crippen LogP contribution < -0.4 is 11.1 Å². The van der Waals surface area contributed by atoms with Crippen LogP contribution in [0.25, 0.3) is 0 Å². The highest BCUT2D eigenvalue weighted by atomic mass is 16.2. The maximum Gasteiger partial charge on any atom is 0.315 e. The number of piperazine rings is 1. The van der Waals surface area contributed by atoms with Crippen LogP contribution in [0.2, 0.25) is 0 Å². The first kappa shape index (κ1) is 17.2. The summed E-state index contributed by atoms with van der Waals surface area (Å²) in [6.07, 6.45) is 4.71. The number of rotatable bonds is 5. The monoisotopic (exact) mass is 330 g/mol. The molecular weight excluding hydrogens is 300 g/mol. The van der Waals surface area contributed by atoms with Crippen LogP contribution in [-0.2, 0) is 6.42 Å². The molecule has 2 aliphatic heterocycles. The van der Waals surface area contributed by atoms with Gasteiger partial charge in [-0.25, -0.2) is 4.79 Å². The van der Waals surface area contributed by atoms with Crippen molar-refractivity contribution in [2.45, 2.75) is 31.7 Å². The number of benzene rings is 1. The molecule has 2 atom stereocenters. The van der Waals surface area contributed by atoms with E-state index in [2.05, 4.69) is 40.5 Å². The number of nitrogens with two attached hydrogens (primary N) is 1. The number of urea groups is 1. The Morgan fingerprint density at radius 1 is 1.25 bits per heavy atom. The second-order valence-corrected chi connectivity index (χ2v) is 7.17. The highest BCUT2D eigenvalue weighted by Crippen LogP contribution is 2.23. The van der Waals surface area contributed by atoms with Gasteiger partial charge in [-0.1, -0.05) is 30.3 Å². The van der Waals surface area contributed by atoms with Gasteiger partial charge in [0.15, 0.2) is 0 Å². The molecule has 0 radical (unpaired) electrons. The number of likely N-dealkylation sites (tertiary alicyclic amines) is 1. The van der Waals surface area contributed by atoms with Crippen molar-refractivity contribution in [3.05, 3.63) is 35.9 Å². The van der Waals surface area contributed by atoms with Crippen molar-refractivity contribution in [2.75, 3.05) is 39.3 Å². The van der Waals surface area contributed by atoms with Gasteiger partial charge in [0.05, 0.1) is 0 Å². The van der Waals surface area contributed by atoms with Gasteiger partial charge >= 0.3 is 6.03 Å². The van der Waals surface area contributed by atoms with Gasteiger partial charge < -0.3 is 20.9 Å². The van der Waals surface area contributed by atoms with Crippen LogP contribution in [0.4, 0.5) is 4.79 Å². The number of amides is 2. The van der Waals surface area contributed by atoms with Gasteiger partial charge in [0, 0.05) is 38.8 Å². The van der Waals surface area contributed by atoms with E-state index >= 15 is 0 Å². The Morgan fingerprint density at radius 3 is 2.88 bits per heavy atom. The Morgan fingerprint density at radius 2 is 2.08 bits per heavy atom. The predicted molar refractivity (Wildman–Crippen MR) is 96.9 cm³/mol. The predicted octanol–water partition coefficient (Wildman–Crippen LogP) is 1.68. The summed E-state index contributed by atoms with van der Waals surface area (Å²) in [5.41, 5.74) is 6.96. The molecule has 2 heterocycles. The molecule has 3 rings (SSSR count). The summed E-state index contributed by atoms with van der Waals surface area (Å²) in [6.45, 7) is 5.95. The molecule has 5 heteroatoms.